The molecular formula is C15H11Br2ClO. The zero-order valence-electron chi connectivity index (χ0n) is 9.89. The fourth-order valence-corrected chi connectivity index (χ4v) is 2.81. The van der Waals surface area contributed by atoms with Crippen LogP contribution < -0.4 is 0 Å². The number of carbonyl (C=O) groups excluding carboxylic acids is 1. The van der Waals surface area contributed by atoms with Crippen molar-refractivity contribution in [1.82, 2.24) is 0 Å². The number of rotatable bonds is 4. The molecule has 98 valence electrons. The van der Waals surface area contributed by atoms with E-state index in [-0.39, 0.29) is 5.78 Å². The number of hydrogen-bond acceptors (Lipinski definition) is 1. The maximum atomic E-state index is 12.3. The second-order valence-electron chi connectivity index (χ2n) is 4.09. The summed E-state index contributed by atoms with van der Waals surface area (Å²) in [5, 5.41) is -0.391. The summed E-state index contributed by atoms with van der Waals surface area (Å²) in [6.07, 6.45) is 0. The molecule has 2 rings (SSSR count). The molecule has 0 unspecified atom stereocenters. The molecule has 0 aliphatic carbocycles. The van der Waals surface area contributed by atoms with E-state index in [0.717, 1.165) is 10.0 Å². The minimum atomic E-state index is -0.447. The SMILES string of the molecule is O=C(c1ccc(Br)cc1)[C@H](Br)[C@H](Cl)c1ccccc1. The molecule has 19 heavy (non-hydrogen) atoms. The van der Waals surface area contributed by atoms with Crippen molar-refractivity contribution in [2.24, 2.45) is 0 Å². The lowest BCUT2D eigenvalue weighted by atomic mass is 10.0. The number of carbonyl (C=O) groups is 1. The van der Waals surface area contributed by atoms with Crippen LogP contribution in [-0.2, 0) is 0 Å². The van der Waals surface area contributed by atoms with Gasteiger partial charge in [0.15, 0.2) is 5.78 Å². The first-order valence-corrected chi connectivity index (χ1v) is 7.87. The molecular weight excluding hydrogens is 391 g/mol. The van der Waals surface area contributed by atoms with Gasteiger partial charge in [0.2, 0.25) is 0 Å². The molecule has 0 N–H and O–H groups in total. The minimum absolute atomic E-state index is 0.0173. The third-order valence-electron chi connectivity index (χ3n) is 2.75. The van der Waals surface area contributed by atoms with E-state index in [1.54, 1.807) is 12.1 Å². The predicted octanol–water partition coefficient (Wildman–Crippen LogP) is 5.38. The molecule has 0 bridgehead atoms. The molecule has 4 heteroatoms. The first kappa shape index (κ1) is 14.8. The van der Waals surface area contributed by atoms with Gasteiger partial charge in [-0.2, -0.15) is 0 Å². The van der Waals surface area contributed by atoms with Crippen molar-refractivity contribution in [2.45, 2.75) is 10.2 Å². The zero-order valence-corrected chi connectivity index (χ0v) is 13.8. The summed E-state index contributed by atoms with van der Waals surface area (Å²) in [5.41, 5.74) is 1.57. The van der Waals surface area contributed by atoms with E-state index in [4.69, 9.17) is 11.6 Å². The highest BCUT2D eigenvalue weighted by molar-refractivity contribution is 9.10. The Kier molecular flexibility index (Phi) is 5.20. The van der Waals surface area contributed by atoms with Crippen LogP contribution in [-0.4, -0.2) is 10.6 Å². The largest absolute Gasteiger partial charge is 0.293 e. The average molecular weight is 403 g/mol. The summed E-state index contributed by atoms with van der Waals surface area (Å²) in [6.45, 7) is 0. The van der Waals surface area contributed by atoms with E-state index in [9.17, 15) is 4.79 Å². The molecule has 0 saturated heterocycles. The first-order valence-electron chi connectivity index (χ1n) is 5.72. The van der Waals surface area contributed by atoms with Gasteiger partial charge in [-0.05, 0) is 17.7 Å². The minimum Gasteiger partial charge on any atom is -0.293 e. The molecule has 2 aromatic carbocycles. The fourth-order valence-electron chi connectivity index (χ4n) is 1.71. The summed E-state index contributed by atoms with van der Waals surface area (Å²) in [5.74, 6) is -0.0173. The Balaban J connectivity index is 2.17. The monoisotopic (exact) mass is 400 g/mol. The van der Waals surface area contributed by atoms with Crippen LogP contribution in [0.3, 0.4) is 0 Å². The number of Topliss-reactive ketones (excluding diaryl/α,β-unsaturated/α-hetero) is 1. The van der Waals surface area contributed by atoms with Crippen LogP contribution in [0.25, 0.3) is 0 Å². The third-order valence-corrected chi connectivity index (χ3v) is 5.04. The van der Waals surface area contributed by atoms with Gasteiger partial charge in [0, 0.05) is 10.0 Å². The molecule has 2 aromatic rings. The molecule has 0 fully saturated rings. The van der Waals surface area contributed by atoms with Crippen molar-refractivity contribution in [3.63, 3.8) is 0 Å². The highest BCUT2D eigenvalue weighted by atomic mass is 79.9. The van der Waals surface area contributed by atoms with Gasteiger partial charge < -0.3 is 0 Å². The molecule has 0 aromatic heterocycles. The van der Waals surface area contributed by atoms with Crippen LogP contribution >= 0.6 is 43.5 Å². The summed E-state index contributed by atoms with van der Waals surface area (Å²) in [6, 6.07) is 16.8. The van der Waals surface area contributed by atoms with E-state index >= 15 is 0 Å². The maximum Gasteiger partial charge on any atom is 0.178 e. The number of ketones is 1. The van der Waals surface area contributed by atoms with E-state index in [1.807, 2.05) is 42.5 Å². The molecule has 0 saturated carbocycles. The second kappa shape index (κ2) is 6.69. The van der Waals surface area contributed by atoms with Crippen molar-refractivity contribution in [3.8, 4) is 0 Å². The standard InChI is InChI=1S/C15H11Br2ClO/c16-12-8-6-11(7-9-12)15(19)13(17)14(18)10-4-2-1-3-5-10/h1-9,13-14H/t13-,14-/m1/s1. The zero-order chi connectivity index (χ0) is 13.8. The maximum absolute atomic E-state index is 12.3. The lowest BCUT2D eigenvalue weighted by Gasteiger charge is -2.15. The Bertz CT molecular complexity index is 554. The van der Waals surface area contributed by atoms with Gasteiger partial charge in [-0.25, -0.2) is 0 Å². The topological polar surface area (TPSA) is 17.1 Å². The fraction of sp³-hybridized carbons (Fsp3) is 0.133. The Morgan fingerprint density at radius 1 is 1.00 bits per heavy atom. The Labute approximate surface area is 134 Å². The average Bonchev–Trinajstić information content (AvgIpc) is 2.46. The Hall–Kier alpha value is -0.640. The molecule has 1 nitrogen and oxygen atoms in total. The smallest absolute Gasteiger partial charge is 0.178 e. The summed E-state index contributed by atoms with van der Waals surface area (Å²) >= 11 is 13.1. The van der Waals surface area contributed by atoms with Crippen LogP contribution in [0, 0.1) is 0 Å². The highest BCUT2D eigenvalue weighted by Crippen LogP contribution is 2.31. The molecule has 2 atom stereocenters. The van der Waals surface area contributed by atoms with Crippen molar-refractivity contribution in [2.75, 3.05) is 0 Å². The summed E-state index contributed by atoms with van der Waals surface area (Å²) < 4.78 is 0.945. The molecule has 0 radical (unpaired) electrons. The molecule has 0 aliphatic heterocycles. The Morgan fingerprint density at radius 3 is 2.16 bits per heavy atom. The van der Waals surface area contributed by atoms with Crippen molar-refractivity contribution >= 4 is 49.2 Å². The lowest BCUT2D eigenvalue weighted by molar-refractivity contribution is 0.0990. The van der Waals surface area contributed by atoms with Crippen LogP contribution in [0.4, 0.5) is 0 Å². The number of benzene rings is 2. The number of hydrogen-bond donors (Lipinski definition) is 0. The van der Waals surface area contributed by atoms with Gasteiger partial charge in [-0.1, -0.05) is 74.3 Å². The van der Waals surface area contributed by atoms with Gasteiger partial charge in [0.1, 0.15) is 0 Å². The van der Waals surface area contributed by atoms with E-state index < -0.39 is 10.2 Å². The van der Waals surface area contributed by atoms with Crippen molar-refractivity contribution in [3.05, 3.63) is 70.2 Å². The molecule has 0 amide bonds. The third kappa shape index (κ3) is 3.68. The Morgan fingerprint density at radius 2 is 1.58 bits per heavy atom. The first-order chi connectivity index (χ1) is 9.09. The second-order valence-corrected chi connectivity index (χ2v) is 6.46. The van der Waals surface area contributed by atoms with Crippen molar-refractivity contribution < 1.29 is 4.79 Å². The van der Waals surface area contributed by atoms with Crippen LogP contribution in [0.2, 0.25) is 0 Å². The molecule has 0 spiro atoms. The van der Waals surface area contributed by atoms with Crippen LogP contribution in [0.5, 0.6) is 0 Å². The quantitative estimate of drug-likeness (QED) is 0.496. The number of alkyl halides is 2. The van der Waals surface area contributed by atoms with Gasteiger partial charge in [-0.15, -0.1) is 11.6 Å². The van der Waals surface area contributed by atoms with E-state index in [0.29, 0.717) is 5.56 Å². The van der Waals surface area contributed by atoms with Crippen LogP contribution in [0.15, 0.2) is 59.1 Å². The summed E-state index contributed by atoms with van der Waals surface area (Å²) in [4.78, 5) is 11.9. The molecule has 0 heterocycles. The molecule has 0 aliphatic rings. The van der Waals surface area contributed by atoms with Gasteiger partial charge in [0.25, 0.3) is 0 Å². The predicted molar refractivity (Wildman–Crippen MR) is 86.2 cm³/mol. The van der Waals surface area contributed by atoms with E-state index in [1.165, 1.54) is 0 Å². The van der Waals surface area contributed by atoms with Crippen molar-refractivity contribution in [1.29, 1.82) is 0 Å². The van der Waals surface area contributed by atoms with E-state index in [2.05, 4.69) is 31.9 Å². The lowest BCUT2D eigenvalue weighted by Crippen LogP contribution is -2.19. The summed E-state index contributed by atoms with van der Waals surface area (Å²) in [7, 11) is 0. The van der Waals surface area contributed by atoms with Gasteiger partial charge in [-0.3, -0.25) is 4.79 Å². The van der Waals surface area contributed by atoms with Crippen LogP contribution in [0.1, 0.15) is 21.3 Å². The van der Waals surface area contributed by atoms with Gasteiger partial charge >= 0.3 is 0 Å². The highest BCUT2D eigenvalue weighted by Gasteiger charge is 2.26. The normalized spacial score (nSPS) is 13.8. The van der Waals surface area contributed by atoms with Gasteiger partial charge in [0.05, 0.1) is 10.2 Å². The number of halogens is 3.